The lowest BCUT2D eigenvalue weighted by Crippen LogP contribution is -2.48. The van der Waals surface area contributed by atoms with Crippen molar-refractivity contribution in [3.63, 3.8) is 0 Å². The van der Waals surface area contributed by atoms with Crippen molar-refractivity contribution in [3.8, 4) is 5.75 Å². The molecule has 0 atom stereocenters. The summed E-state index contributed by atoms with van der Waals surface area (Å²) >= 11 is 7.91. The molecule has 1 saturated heterocycles. The Balaban J connectivity index is 1.51. The smallest absolute Gasteiger partial charge is 0.254 e. The van der Waals surface area contributed by atoms with Gasteiger partial charge in [0.25, 0.3) is 5.91 Å². The van der Waals surface area contributed by atoms with Crippen LogP contribution in [0.15, 0.2) is 30.3 Å². The Morgan fingerprint density at radius 3 is 2.61 bits per heavy atom. The van der Waals surface area contributed by atoms with Crippen molar-refractivity contribution in [2.75, 3.05) is 38.2 Å². The van der Waals surface area contributed by atoms with E-state index in [2.05, 4.69) is 4.90 Å². The summed E-state index contributed by atoms with van der Waals surface area (Å²) in [6, 6.07) is 9.71. The molecule has 0 N–H and O–H groups in total. The fourth-order valence-electron chi connectivity index (χ4n) is 3.48. The van der Waals surface area contributed by atoms with Gasteiger partial charge in [-0.15, -0.1) is 0 Å². The SMILES string of the molecule is COc1ccc(Cl)c2sc(N3CCN(C(=O)c4cc(C)ccc4C)CC3)nc12. The molecule has 1 aromatic heterocycles. The highest BCUT2D eigenvalue weighted by atomic mass is 35.5. The fraction of sp³-hybridized carbons (Fsp3) is 0.333. The first-order valence-electron chi connectivity index (χ1n) is 9.22. The van der Waals surface area contributed by atoms with Gasteiger partial charge >= 0.3 is 0 Å². The Morgan fingerprint density at radius 2 is 1.89 bits per heavy atom. The molecule has 7 heteroatoms. The molecule has 0 unspecified atom stereocenters. The fourth-order valence-corrected chi connectivity index (χ4v) is 4.79. The standard InChI is InChI=1S/C21H22ClN3O2S/c1-13-4-5-14(2)15(12-13)20(26)24-8-10-25(11-9-24)21-23-18-17(27-3)7-6-16(22)19(18)28-21/h4-7,12H,8-11H2,1-3H3. The number of carbonyl (C=O) groups excluding carboxylic acids is 1. The zero-order valence-corrected chi connectivity index (χ0v) is 17.7. The third kappa shape index (κ3) is 3.42. The lowest BCUT2D eigenvalue weighted by molar-refractivity contribution is 0.0746. The monoisotopic (exact) mass is 415 g/mol. The number of ether oxygens (including phenoxy) is 1. The molecule has 0 saturated carbocycles. The number of carbonyl (C=O) groups is 1. The number of piperazine rings is 1. The molecule has 4 rings (SSSR count). The van der Waals surface area contributed by atoms with E-state index >= 15 is 0 Å². The number of rotatable bonds is 3. The third-order valence-electron chi connectivity index (χ3n) is 5.13. The molecule has 1 aliphatic rings. The Morgan fingerprint density at radius 1 is 1.14 bits per heavy atom. The number of thiazole rings is 1. The van der Waals surface area contributed by atoms with Gasteiger partial charge in [-0.25, -0.2) is 4.98 Å². The molecule has 0 aliphatic carbocycles. The van der Waals surface area contributed by atoms with Gasteiger partial charge in [-0.05, 0) is 37.6 Å². The second-order valence-electron chi connectivity index (χ2n) is 7.02. The van der Waals surface area contributed by atoms with E-state index in [1.807, 2.05) is 49.1 Å². The van der Waals surface area contributed by atoms with Crippen LogP contribution in [-0.2, 0) is 0 Å². The summed E-state index contributed by atoms with van der Waals surface area (Å²) in [5.74, 6) is 0.834. The molecule has 0 spiro atoms. The summed E-state index contributed by atoms with van der Waals surface area (Å²) in [6.07, 6.45) is 0. The molecule has 28 heavy (non-hydrogen) atoms. The van der Waals surface area contributed by atoms with Crippen LogP contribution in [0, 0.1) is 13.8 Å². The number of aryl methyl sites for hydroxylation is 2. The average molecular weight is 416 g/mol. The van der Waals surface area contributed by atoms with Crippen LogP contribution in [0.5, 0.6) is 5.75 Å². The van der Waals surface area contributed by atoms with Crippen LogP contribution in [0.3, 0.4) is 0 Å². The number of benzene rings is 2. The predicted molar refractivity (Wildman–Crippen MR) is 115 cm³/mol. The van der Waals surface area contributed by atoms with Crippen molar-refractivity contribution in [2.24, 2.45) is 0 Å². The Kier molecular flexibility index (Phi) is 5.17. The van der Waals surface area contributed by atoms with Gasteiger partial charge in [0.05, 0.1) is 16.8 Å². The largest absolute Gasteiger partial charge is 0.494 e. The Bertz CT molecular complexity index is 1040. The van der Waals surface area contributed by atoms with Crippen molar-refractivity contribution in [2.45, 2.75) is 13.8 Å². The van der Waals surface area contributed by atoms with Gasteiger partial charge in [0.2, 0.25) is 0 Å². The maximum atomic E-state index is 12.9. The molecule has 0 radical (unpaired) electrons. The maximum Gasteiger partial charge on any atom is 0.254 e. The topological polar surface area (TPSA) is 45.7 Å². The summed E-state index contributed by atoms with van der Waals surface area (Å²) in [7, 11) is 1.64. The van der Waals surface area contributed by atoms with Gasteiger partial charge in [0, 0.05) is 31.7 Å². The number of methoxy groups -OCH3 is 1. The lowest BCUT2D eigenvalue weighted by Gasteiger charge is -2.34. The van der Waals surface area contributed by atoms with E-state index in [1.54, 1.807) is 18.4 Å². The van der Waals surface area contributed by atoms with E-state index in [-0.39, 0.29) is 5.91 Å². The van der Waals surface area contributed by atoms with Gasteiger partial charge in [-0.3, -0.25) is 4.79 Å². The van der Waals surface area contributed by atoms with Gasteiger partial charge in [0.1, 0.15) is 11.3 Å². The van der Waals surface area contributed by atoms with Crippen LogP contribution in [0.4, 0.5) is 5.13 Å². The second-order valence-corrected chi connectivity index (χ2v) is 8.41. The highest BCUT2D eigenvalue weighted by Crippen LogP contribution is 2.38. The van der Waals surface area contributed by atoms with Crippen LogP contribution >= 0.6 is 22.9 Å². The number of hydrogen-bond acceptors (Lipinski definition) is 5. The second kappa shape index (κ2) is 7.60. The molecule has 1 fully saturated rings. The minimum atomic E-state index is 0.106. The van der Waals surface area contributed by atoms with Crippen LogP contribution < -0.4 is 9.64 Å². The van der Waals surface area contributed by atoms with Gasteiger partial charge < -0.3 is 14.5 Å². The third-order valence-corrected chi connectivity index (χ3v) is 6.70. The predicted octanol–water partition coefficient (Wildman–Crippen LogP) is 4.54. The van der Waals surface area contributed by atoms with Gasteiger partial charge in [0.15, 0.2) is 5.13 Å². The molecular weight excluding hydrogens is 394 g/mol. The van der Waals surface area contributed by atoms with E-state index < -0.39 is 0 Å². The van der Waals surface area contributed by atoms with Crippen molar-refractivity contribution >= 4 is 44.2 Å². The lowest BCUT2D eigenvalue weighted by atomic mass is 10.0. The van der Waals surface area contributed by atoms with Crippen molar-refractivity contribution in [1.82, 2.24) is 9.88 Å². The maximum absolute atomic E-state index is 12.9. The molecule has 0 bridgehead atoms. The van der Waals surface area contributed by atoms with Crippen molar-refractivity contribution < 1.29 is 9.53 Å². The minimum absolute atomic E-state index is 0.106. The van der Waals surface area contributed by atoms with E-state index in [0.717, 1.165) is 50.9 Å². The normalized spacial score (nSPS) is 14.6. The first-order valence-corrected chi connectivity index (χ1v) is 10.4. The van der Waals surface area contributed by atoms with Crippen LogP contribution in [0.1, 0.15) is 21.5 Å². The first-order chi connectivity index (χ1) is 13.5. The van der Waals surface area contributed by atoms with Gasteiger partial charge in [-0.2, -0.15) is 0 Å². The molecule has 3 aromatic rings. The van der Waals surface area contributed by atoms with Crippen LogP contribution in [0.25, 0.3) is 10.2 Å². The number of halogens is 1. The summed E-state index contributed by atoms with van der Waals surface area (Å²) in [4.78, 5) is 21.8. The van der Waals surface area contributed by atoms with Crippen LogP contribution in [-0.4, -0.2) is 49.1 Å². The number of fused-ring (bicyclic) bond motifs is 1. The van der Waals surface area contributed by atoms with E-state index in [4.69, 9.17) is 21.3 Å². The average Bonchev–Trinajstić information content (AvgIpc) is 3.16. The van der Waals surface area contributed by atoms with Gasteiger partial charge in [-0.1, -0.05) is 40.6 Å². The molecule has 146 valence electrons. The molecule has 2 aromatic carbocycles. The van der Waals surface area contributed by atoms with Crippen molar-refractivity contribution in [1.29, 1.82) is 0 Å². The molecule has 5 nitrogen and oxygen atoms in total. The summed E-state index contributed by atoms with van der Waals surface area (Å²) in [5.41, 5.74) is 3.72. The Labute approximate surface area is 173 Å². The minimum Gasteiger partial charge on any atom is -0.494 e. The highest BCUT2D eigenvalue weighted by molar-refractivity contribution is 7.22. The highest BCUT2D eigenvalue weighted by Gasteiger charge is 2.25. The first kappa shape index (κ1) is 19.0. The molecule has 2 heterocycles. The Hall–Kier alpha value is -2.31. The zero-order chi connectivity index (χ0) is 19.8. The number of hydrogen-bond donors (Lipinski definition) is 0. The zero-order valence-electron chi connectivity index (χ0n) is 16.2. The van der Waals surface area contributed by atoms with E-state index in [1.165, 1.54) is 0 Å². The summed E-state index contributed by atoms with van der Waals surface area (Å²) in [6.45, 7) is 6.84. The summed E-state index contributed by atoms with van der Waals surface area (Å²) < 4.78 is 6.35. The number of anilines is 1. The van der Waals surface area contributed by atoms with E-state index in [0.29, 0.717) is 18.1 Å². The summed E-state index contributed by atoms with van der Waals surface area (Å²) in [5, 5.41) is 1.60. The number of aromatic nitrogens is 1. The van der Waals surface area contributed by atoms with E-state index in [9.17, 15) is 4.79 Å². The van der Waals surface area contributed by atoms with Crippen LogP contribution in [0.2, 0.25) is 5.02 Å². The van der Waals surface area contributed by atoms with Crippen molar-refractivity contribution in [3.05, 3.63) is 52.0 Å². The number of amides is 1. The molecule has 1 aliphatic heterocycles. The molecular formula is C21H22ClN3O2S. The quantitative estimate of drug-likeness (QED) is 0.630. The number of nitrogens with zero attached hydrogens (tertiary/aromatic N) is 3. The molecule has 1 amide bonds.